The molecule has 4 saturated carbocycles. The monoisotopic (exact) mass is 764 g/mol. The number of rotatable bonds is 14. The van der Waals surface area contributed by atoms with E-state index in [1.54, 1.807) is 0 Å². The van der Waals surface area contributed by atoms with Crippen molar-refractivity contribution in [2.75, 3.05) is 45.8 Å². The molecular weight excluding hydrogens is 691 g/mol. The second-order valence-corrected chi connectivity index (χ2v) is 18.8. The summed E-state index contributed by atoms with van der Waals surface area (Å²) in [6.45, 7) is 10.3. The third-order valence-corrected chi connectivity index (χ3v) is 15.4. The number of imide groups is 2. The number of carbonyl (C=O) groups is 4. The first-order valence-corrected chi connectivity index (χ1v) is 23.1. The van der Waals surface area contributed by atoms with Crippen molar-refractivity contribution < 1.29 is 24.3 Å². The zero-order valence-electron chi connectivity index (χ0n) is 34.1. The number of aliphatic hydroxyl groups excluding tert-OH is 1. The van der Waals surface area contributed by atoms with Crippen LogP contribution in [0.25, 0.3) is 0 Å². The van der Waals surface area contributed by atoms with E-state index in [4.69, 9.17) is 0 Å². The van der Waals surface area contributed by atoms with Crippen LogP contribution in [0.15, 0.2) is 11.1 Å². The molecule has 3 aliphatic heterocycles. The Morgan fingerprint density at radius 2 is 1.35 bits per heavy atom. The summed E-state index contributed by atoms with van der Waals surface area (Å²) in [6.07, 6.45) is 24.6. The lowest BCUT2D eigenvalue weighted by molar-refractivity contribution is -0.151. The molecule has 0 aromatic heterocycles. The number of nitrogens with one attached hydrogen (secondary N) is 2. The number of allylic oxidation sites excluding steroid dienone is 2. The fourth-order valence-corrected chi connectivity index (χ4v) is 12.3. The Kier molecular flexibility index (Phi) is 14.6. The zero-order valence-corrected chi connectivity index (χ0v) is 34.1. The van der Waals surface area contributed by atoms with E-state index in [0.29, 0.717) is 12.8 Å². The maximum absolute atomic E-state index is 13.3. The molecule has 0 spiro atoms. The molecule has 4 aliphatic carbocycles. The summed E-state index contributed by atoms with van der Waals surface area (Å²) in [5, 5.41) is 16.3. The number of piperazine rings is 1. The third-order valence-electron chi connectivity index (χ3n) is 15.4. The number of likely N-dealkylation sites (tertiary alicyclic amines) is 1. The largest absolute Gasteiger partial charge is 0.393 e. The van der Waals surface area contributed by atoms with Gasteiger partial charge in [0.05, 0.1) is 17.9 Å². The highest BCUT2D eigenvalue weighted by Gasteiger charge is 2.54. The first-order chi connectivity index (χ1) is 26.8. The average molecular weight is 764 g/mol. The summed E-state index contributed by atoms with van der Waals surface area (Å²) in [7, 11) is 0. The van der Waals surface area contributed by atoms with Crippen LogP contribution in [0.2, 0.25) is 0 Å². The van der Waals surface area contributed by atoms with Gasteiger partial charge in [-0.25, -0.2) is 0 Å². The van der Waals surface area contributed by atoms with Crippen LogP contribution in [0, 0.1) is 35.5 Å². The molecule has 3 heterocycles. The lowest BCUT2D eigenvalue weighted by Gasteiger charge is -2.40. The van der Waals surface area contributed by atoms with Gasteiger partial charge in [0.2, 0.25) is 23.6 Å². The predicted octanol–water partition coefficient (Wildman–Crippen LogP) is 5.97. The quantitative estimate of drug-likeness (QED) is 0.113. The van der Waals surface area contributed by atoms with E-state index in [1.807, 2.05) is 11.1 Å². The number of hydrogen-bond donors (Lipinski definition) is 3. The molecule has 55 heavy (non-hydrogen) atoms. The van der Waals surface area contributed by atoms with E-state index in [-0.39, 0.29) is 54.5 Å². The average Bonchev–Trinajstić information content (AvgIpc) is 3.45. The molecule has 0 radical (unpaired) electrons. The lowest BCUT2D eigenvalue weighted by Crippen LogP contribution is -2.54. The molecule has 3 N–H and O–H groups in total. The Labute approximate surface area is 331 Å². The summed E-state index contributed by atoms with van der Waals surface area (Å²) in [5.74, 6) is 1.27. The molecule has 4 atom stereocenters. The van der Waals surface area contributed by atoms with E-state index in [0.717, 1.165) is 88.6 Å². The molecule has 0 aromatic carbocycles. The van der Waals surface area contributed by atoms with Crippen molar-refractivity contribution >= 4 is 23.6 Å². The third kappa shape index (κ3) is 10.1. The predicted molar refractivity (Wildman–Crippen MR) is 215 cm³/mol. The van der Waals surface area contributed by atoms with E-state index in [1.165, 1.54) is 101 Å². The minimum absolute atomic E-state index is 0.0685. The molecule has 10 nitrogen and oxygen atoms in total. The molecule has 7 rings (SSSR count). The second-order valence-electron chi connectivity index (χ2n) is 18.8. The van der Waals surface area contributed by atoms with Crippen LogP contribution in [-0.2, 0) is 19.2 Å². The molecule has 7 fully saturated rings. The number of carbonyl (C=O) groups excluding carboxylic acids is 4. The first kappa shape index (κ1) is 41.0. The van der Waals surface area contributed by atoms with Gasteiger partial charge in [-0.3, -0.25) is 29.4 Å². The van der Waals surface area contributed by atoms with Gasteiger partial charge in [-0.05, 0) is 159 Å². The van der Waals surface area contributed by atoms with E-state index >= 15 is 0 Å². The van der Waals surface area contributed by atoms with Crippen LogP contribution in [0.3, 0.4) is 0 Å². The minimum Gasteiger partial charge on any atom is -0.393 e. The van der Waals surface area contributed by atoms with E-state index < -0.39 is 11.9 Å². The van der Waals surface area contributed by atoms with Crippen molar-refractivity contribution in [2.45, 2.75) is 166 Å². The second kappa shape index (κ2) is 19.5. The van der Waals surface area contributed by atoms with Crippen LogP contribution >= 0.6 is 0 Å². The van der Waals surface area contributed by atoms with Crippen molar-refractivity contribution in [1.82, 2.24) is 25.3 Å². The van der Waals surface area contributed by atoms with Gasteiger partial charge in [0.15, 0.2) is 0 Å². The maximum atomic E-state index is 13.3. The lowest BCUT2D eigenvalue weighted by atomic mass is 9.66. The molecular formula is C45H73N5O5. The SMILES string of the molecule is CC/C(=C(\C1CCC(O)CC1)C1CCC(CCCN2CCN(CCCNC3CCC4C(=O)N(C5CCC(=O)NC5=O)C(=O)C4C3)CC2)CC1)C1CCCCC1. The number of piperidine rings is 1. The highest BCUT2D eigenvalue weighted by molar-refractivity contribution is 6.10. The van der Waals surface area contributed by atoms with E-state index in [2.05, 4.69) is 27.4 Å². The normalized spacial score (nSPS) is 35.1. The van der Waals surface area contributed by atoms with Gasteiger partial charge in [-0.2, -0.15) is 0 Å². The number of amides is 4. The van der Waals surface area contributed by atoms with Crippen molar-refractivity contribution in [3.8, 4) is 0 Å². The summed E-state index contributed by atoms with van der Waals surface area (Å²) < 4.78 is 0. The zero-order chi connectivity index (χ0) is 38.3. The van der Waals surface area contributed by atoms with Crippen LogP contribution in [0.5, 0.6) is 0 Å². The highest BCUT2D eigenvalue weighted by atomic mass is 16.3. The molecule has 10 heteroatoms. The molecule has 7 aliphatic rings. The molecule has 3 saturated heterocycles. The first-order valence-electron chi connectivity index (χ1n) is 23.1. The maximum Gasteiger partial charge on any atom is 0.249 e. The summed E-state index contributed by atoms with van der Waals surface area (Å²) in [6, 6.07) is -0.627. The van der Waals surface area contributed by atoms with Crippen molar-refractivity contribution in [3.05, 3.63) is 11.1 Å². The fraction of sp³-hybridized carbons (Fsp3) is 0.867. The molecule has 0 aromatic rings. The van der Waals surface area contributed by atoms with Gasteiger partial charge in [0.1, 0.15) is 6.04 Å². The molecule has 4 unspecified atom stereocenters. The minimum atomic E-state index is -0.842. The van der Waals surface area contributed by atoms with Gasteiger partial charge in [-0.1, -0.05) is 37.3 Å². The number of fused-ring (bicyclic) bond motifs is 1. The number of nitrogens with zero attached hydrogens (tertiary/aromatic N) is 3. The summed E-state index contributed by atoms with van der Waals surface area (Å²) in [4.78, 5) is 56.9. The van der Waals surface area contributed by atoms with Gasteiger partial charge < -0.3 is 20.2 Å². The molecule has 0 bridgehead atoms. The van der Waals surface area contributed by atoms with Crippen molar-refractivity contribution in [2.24, 2.45) is 35.5 Å². The summed E-state index contributed by atoms with van der Waals surface area (Å²) >= 11 is 0. The van der Waals surface area contributed by atoms with Gasteiger partial charge in [0.25, 0.3) is 0 Å². The van der Waals surface area contributed by atoms with Gasteiger partial charge in [-0.15, -0.1) is 0 Å². The Bertz CT molecular complexity index is 1350. The Morgan fingerprint density at radius 3 is 2.00 bits per heavy atom. The van der Waals surface area contributed by atoms with Crippen molar-refractivity contribution in [1.29, 1.82) is 0 Å². The highest BCUT2D eigenvalue weighted by Crippen LogP contribution is 2.47. The Hall–Kier alpha value is -2.14. The van der Waals surface area contributed by atoms with Crippen LogP contribution < -0.4 is 10.6 Å². The smallest absolute Gasteiger partial charge is 0.249 e. The van der Waals surface area contributed by atoms with Crippen LogP contribution in [-0.4, -0.2) is 107 Å². The standard InChI is InChI=1S/C45H73N5O5/c1-2-37(32-9-4-3-5-10-32)42(34-15-18-36(51)19-16-34)33-13-11-31(12-14-33)8-6-24-48-26-28-49(29-27-48)25-7-23-46-35-17-20-38-39(30-35)45(55)50(44(38)54)40-21-22-41(52)47-43(40)53/h31-36,38-40,46,51H,2-30H2,1H3,(H,47,52,53)/b42-37+. The molecule has 4 amide bonds. The Morgan fingerprint density at radius 1 is 0.709 bits per heavy atom. The van der Waals surface area contributed by atoms with Crippen molar-refractivity contribution in [3.63, 3.8) is 0 Å². The molecule has 308 valence electrons. The van der Waals surface area contributed by atoms with Gasteiger partial charge in [0, 0.05) is 38.6 Å². The number of hydrogen-bond acceptors (Lipinski definition) is 8. The van der Waals surface area contributed by atoms with E-state index in [9.17, 15) is 24.3 Å². The van der Waals surface area contributed by atoms with Gasteiger partial charge >= 0.3 is 0 Å². The summed E-state index contributed by atoms with van der Waals surface area (Å²) in [5.41, 5.74) is 3.77. The Balaban J connectivity index is 0.770. The topological polar surface area (TPSA) is 122 Å². The van der Waals surface area contributed by atoms with Crippen LogP contribution in [0.4, 0.5) is 0 Å². The number of aliphatic hydroxyl groups is 1. The fourth-order valence-electron chi connectivity index (χ4n) is 12.3. The van der Waals surface area contributed by atoms with Crippen LogP contribution in [0.1, 0.15) is 148 Å².